The fraction of sp³-hybridized carbons (Fsp3) is 0. The first-order valence-electron chi connectivity index (χ1n) is 8.32. The zero-order valence-corrected chi connectivity index (χ0v) is 14.3. The molecule has 6 nitrogen and oxygen atoms in total. The average Bonchev–Trinajstić information content (AvgIpc) is 2.70. The van der Waals surface area contributed by atoms with Gasteiger partial charge in [-0.15, -0.1) is 0 Å². The molecule has 2 aromatic carbocycles. The van der Waals surface area contributed by atoms with Gasteiger partial charge in [0.05, 0.1) is 17.3 Å². The van der Waals surface area contributed by atoms with Gasteiger partial charge in [0.2, 0.25) is 0 Å². The minimum Gasteiger partial charge on any atom is -0.465 e. The largest absolute Gasteiger partial charge is 0.465 e. The van der Waals surface area contributed by atoms with Crippen LogP contribution in [0, 0.1) is 0 Å². The highest BCUT2D eigenvalue weighted by molar-refractivity contribution is 5.94. The maximum absolute atomic E-state index is 5.63. The molecule has 0 aliphatic rings. The lowest BCUT2D eigenvalue weighted by atomic mass is 10.2. The first-order chi connectivity index (χ1) is 13.4. The second kappa shape index (κ2) is 7.97. The number of aromatic nitrogens is 5. The standard InChI is InChI=1S/C21H15N5O/c1-2-5-19-16(4-1)8-10-23-12-11-22-9-3-13-27-17-6-7-20-18(14-17)21(26-19)25-15-24-20/h1-15H. The molecule has 0 N–H and O–H groups in total. The lowest BCUT2D eigenvalue weighted by Gasteiger charge is -1.98. The van der Waals surface area contributed by atoms with Gasteiger partial charge >= 0.3 is 0 Å². The molecule has 0 saturated carbocycles. The van der Waals surface area contributed by atoms with E-state index in [1.165, 1.54) is 6.33 Å². The zero-order valence-electron chi connectivity index (χ0n) is 14.3. The molecule has 0 atom stereocenters. The summed E-state index contributed by atoms with van der Waals surface area (Å²) in [6.45, 7) is 0. The normalized spacial score (nSPS) is 10.2. The van der Waals surface area contributed by atoms with Crippen LogP contribution in [0.5, 0.6) is 0 Å². The van der Waals surface area contributed by atoms with Gasteiger partial charge in [-0.1, -0.05) is 18.2 Å². The molecule has 2 aromatic heterocycles. The van der Waals surface area contributed by atoms with E-state index in [1.54, 1.807) is 37.1 Å². The predicted molar refractivity (Wildman–Crippen MR) is 104 cm³/mol. The third-order valence-electron chi connectivity index (χ3n) is 3.78. The molecular weight excluding hydrogens is 338 g/mol. The van der Waals surface area contributed by atoms with E-state index in [1.807, 2.05) is 48.5 Å². The third kappa shape index (κ3) is 4.01. The van der Waals surface area contributed by atoms with Crippen LogP contribution in [-0.2, 0) is 0 Å². The average molecular weight is 353 g/mol. The summed E-state index contributed by atoms with van der Waals surface area (Å²) >= 11 is 0. The van der Waals surface area contributed by atoms with Crippen LogP contribution < -0.4 is 0 Å². The maximum atomic E-state index is 5.63. The summed E-state index contributed by atoms with van der Waals surface area (Å²) in [5, 5.41) is 1.75. The summed E-state index contributed by atoms with van der Waals surface area (Å²) in [5.41, 5.74) is 2.84. The molecule has 0 fully saturated rings. The van der Waals surface area contributed by atoms with Crippen molar-refractivity contribution >= 4 is 33.0 Å². The molecule has 2 heterocycles. The molecule has 0 aliphatic heterocycles. The van der Waals surface area contributed by atoms with E-state index in [-0.39, 0.29) is 0 Å². The predicted octanol–water partition coefficient (Wildman–Crippen LogP) is 4.53. The lowest BCUT2D eigenvalue weighted by molar-refractivity contribution is 0.603. The molecule has 0 amide bonds. The van der Waals surface area contributed by atoms with Crippen LogP contribution in [0.25, 0.3) is 33.0 Å². The van der Waals surface area contributed by atoms with E-state index in [0.717, 1.165) is 21.8 Å². The fourth-order valence-corrected chi connectivity index (χ4v) is 2.53. The van der Waals surface area contributed by atoms with Crippen LogP contribution in [0.15, 0.2) is 96.4 Å². The van der Waals surface area contributed by atoms with E-state index >= 15 is 0 Å². The van der Waals surface area contributed by atoms with Crippen LogP contribution >= 0.6 is 0 Å². The van der Waals surface area contributed by atoms with Crippen molar-refractivity contribution in [2.24, 2.45) is 0 Å². The summed E-state index contributed by atoms with van der Waals surface area (Å²) in [7, 11) is 0. The van der Waals surface area contributed by atoms with E-state index in [2.05, 4.69) is 19.9 Å². The van der Waals surface area contributed by atoms with Crippen molar-refractivity contribution in [3.05, 3.63) is 92.0 Å². The van der Waals surface area contributed by atoms with Crippen molar-refractivity contribution in [3.8, 4) is 0 Å². The van der Waals surface area contributed by atoms with Gasteiger partial charge in [0.1, 0.15) is 11.9 Å². The Morgan fingerprint density at radius 1 is 0.704 bits per heavy atom. The summed E-state index contributed by atoms with van der Waals surface area (Å²) < 4.78 is 5.63. The van der Waals surface area contributed by atoms with Gasteiger partial charge < -0.3 is 4.42 Å². The molecular formula is C21H15N5O. The summed E-state index contributed by atoms with van der Waals surface area (Å²) in [6.07, 6.45) is 9.60. The van der Waals surface area contributed by atoms with Crippen LogP contribution in [0.3, 0.4) is 0 Å². The Morgan fingerprint density at radius 2 is 1.59 bits per heavy atom. The molecule has 130 valence electrons. The number of rotatable bonds is 0. The summed E-state index contributed by atoms with van der Waals surface area (Å²) in [6, 6.07) is 17.0. The number of benzene rings is 2. The zero-order chi connectivity index (χ0) is 18.3. The second-order valence-corrected chi connectivity index (χ2v) is 5.55. The number of hydrogen-bond donors (Lipinski definition) is 0. The van der Waals surface area contributed by atoms with Gasteiger partial charge in [-0.2, -0.15) is 0 Å². The minimum atomic E-state index is 0.581. The molecule has 0 aliphatic carbocycles. The number of fused-ring (bicyclic) bond motifs is 2. The Bertz CT molecular complexity index is 1250. The highest BCUT2D eigenvalue weighted by Crippen LogP contribution is 2.17. The topological polar surface area (TPSA) is 77.6 Å². The van der Waals surface area contributed by atoms with Crippen molar-refractivity contribution in [3.63, 3.8) is 0 Å². The SMILES string of the molecule is c1cnccnccc2ccccc2nc2ncnc3ccc(cc32)oc1. The molecule has 0 unspecified atom stereocenters. The molecule has 0 saturated heterocycles. The van der Waals surface area contributed by atoms with Crippen LogP contribution in [-0.4, -0.2) is 24.9 Å². The smallest absolute Gasteiger partial charge is 0.163 e. The number of nitrogens with zero attached hydrogens (tertiary/aromatic N) is 5. The van der Waals surface area contributed by atoms with Gasteiger partial charge in [-0.3, -0.25) is 9.97 Å². The molecule has 4 rings (SSSR count). The van der Waals surface area contributed by atoms with Crippen molar-refractivity contribution in [1.29, 1.82) is 0 Å². The Kier molecular flexibility index (Phi) is 4.88. The quantitative estimate of drug-likeness (QED) is 0.462. The fourth-order valence-electron chi connectivity index (χ4n) is 2.53. The Labute approximate surface area is 154 Å². The van der Waals surface area contributed by atoms with Crippen molar-refractivity contribution in [2.75, 3.05) is 0 Å². The Balaban J connectivity index is 2.12. The van der Waals surface area contributed by atoms with Crippen molar-refractivity contribution in [1.82, 2.24) is 24.9 Å². The van der Waals surface area contributed by atoms with Crippen molar-refractivity contribution < 1.29 is 4.42 Å². The van der Waals surface area contributed by atoms with Crippen LogP contribution in [0.2, 0.25) is 0 Å². The Morgan fingerprint density at radius 3 is 2.56 bits per heavy atom. The summed E-state index contributed by atoms with van der Waals surface area (Å²) in [4.78, 5) is 21.7. The molecule has 2 bridgehead atoms. The van der Waals surface area contributed by atoms with Gasteiger partial charge in [0.15, 0.2) is 5.65 Å². The first-order valence-corrected chi connectivity index (χ1v) is 8.32. The van der Waals surface area contributed by atoms with E-state index in [4.69, 9.17) is 9.40 Å². The monoisotopic (exact) mass is 353 g/mol. The third-order valence-corrected chi connectivity index (χ3v) is 3.78. The van der Waals surface area contributed by atoms with Crippen LogP contribution in [0.1, 0.15) is 0 Å². The highest BCUT2D eigenvalue weighted by atomic mass is 16.3. The van der Waals surface area contributed by atoms with Crippen LogP contribution in [0.4, 0.5) is 0 Å². The van der Waals surface area contributed by atoms with Gasteiger partial charge in [0.25, 0.3) is 0 Å². The molecule has 6 heteroatoms. The van der Waals surface area contributed by atoms with Gasteiger partial charge in [-0.05, 0) is 36.4 Å². The minimum absolute atomic E-state index is 0.581. The molecule has 0 spiro atoms. The first kappa shape index (κ1) is 16.5. The highest BCUT2D eigenvalue weighted by Gasteiger charge is 2.00. The van der Waals surface area contributed by atoms with E-state index < -0.39 is 0 Å². The second-order valence-electron chi connectivity index (χ2n) is 5.55. The molecule has 27 heavy (non-hydrogen) atoms. The van der Waals surface area contributed by atoms with E-state index in [0.29, 0.717) is 11.2 Å². The van der Waals surface area contributed by atoms with E-state index in [9.17, 15) is 0 Å². The number of para-hydroxylation sites is 1. The molecule has 4 aromatic rings. The lowest BCUT2D eigenvalue weighted by Crippen LogP contribution is -1.86. The Hall–Kier alpha value is -3.93. The number of hydrogen-bond acceptors (Lipinski definition) is 6. The molecule has 0 radical (unpaired) electrons. The van der Waals surface area contributed by atoms with Gasteiger partial charge in [-0.25, -0.2) is 15.0 Å². The summed E-state index contributed by atoms with van der Waals surface area (Å²) in [5.74, 6) is 0. The maximum Gasteiger partial charge on any atom is 0.163 e. The van der Waals surface area contributed by atoms with Crippen molar-refractivity contribution in [2.45, 2.75) is 0 Å². The van der Waals surface area contributed by atoms with Gasteiger partial charge in [0, 0.05) is 35.6 Å².